The Morgan fingerprint density at radius 3 is 2.28 bits per heavy atom. The van der Waals surface area contributed by atoms with E-state index in [2.05, 4.69) is 4.90 Å². The number of likely N-dealkylation sites (N-methyl/N-ethyl adjacent to an activating group) is 1. The van der Waals surface area contributed by atoms with E-state index < -0.39 is 0 Å². The highest BCUT2D eigenvalue weighted by molar-refractivity contribution is 5.85. The number of nitrogens with two attached hydrogens (primary N) is 1. The molecule has 2 fully saturated rings. The van der Waals surface area contributed by atoms with Crippen LogP contribution in [0.2, 0.25) is 0 Å². The molecule has 2 unspecified atom stereocenters. The monoisotopic (exact) mass is 396 g/mol. The molecule has 0 spiro atoms. The molecule has 2 aliphatic rings. The fourth-order valence-electron chi connectivity index (χ4n) is 3.72. The lowest BCUT2D eigenvalue weighted by Crippen LogP contribution is -2.42. The number of carbonyl (C=O) groups excluding carboxylic acids is 2. The normalized spacial score (nSPS) is 24.0. The molecule has 6 nitrogen and oxygen atoms in total. The maximum Gasteiger partial charge on any atom is 0.236 e. The summed E-state index contributed by atoms with van der Waals surface area (Å²) in [7, 11) is 0. The van der Waals surface area contributed by atoms with Crippen molar-refractivity contribution in [3.8, 4) is 0 Å². The number of hydrogen-bond donors (Lipinski definition) is 1. The van der Waals surface area contributed by atoms with Gasteiger partial charge in [-0.2, -0.15) is 0 Å². The molecule has 1 heterocycles. The molecule has 1 saturated heterocycles. The Hall–Kier alpha value is -0.560. The minimum Gasteiger partial charge on any atom is -0.342 e. The SMILES string of the molecule is CCN(CC)C(=O)CN1CCCN(C(=O)C2CCC(N)C2)CC1.Cl.Cl. The number of hydrogen-bond acceptors (Lipinski definition) is 4. The zero-order chi connectivity index (χ0) is 16.8. The average molecular weight is 397 g/mol. The third-order valence-electron chi connectivity index (χ3n) is 5.20. The first-order valence-corrected chi connectivity index (χ1v) is 9.09. The topological polar surface area (TPSA) is 69.9 Å². The minimum absolute atomic E-state index is 0. The van der Waals surface area contributed by atoms with Gasteiger partial charge in [0.05, 0.1) is 6.54 Å². The van der Waals surface area contributed by atoms with Gasteiger partial charge in [-0.3, -0.25) is 14.5 Å². The molecule has 2 amide bonds. The van der Waals surface area contributed by atoms with Crippen molar-refractivity contribution in [2.75, 3.05) is 45.8 Å². The maximum absolute atomic E-state index is 12.6. The van der Waals surface area contributed by atoms with E-state index in [0.717, 1.165) is 65.0 Å². The molecule has 25 heavy (non-hydrogen) atoms. The van der Waals surface area contributed by atoms with Crippen LogP contribution in [0.15, 0.2) is 0 Å². The van der Waals surface area contributed by atoms with Gasteiger partial charge in [-0.05, 0) is 39.5 Å². The lowest BCUT2D eigenvalue weighted by molar-refractivity contribution is -0.135. The number of carbonyl (C=O) groups is 2. The summed E-state index contributed by atoms with van der Waals surface area (Å²) in [5.41, 5.74) is 5.93. The van der Waals surface area contributed by atoms with Crippen LogP contribution in [0.4, 0.5) is 0 Å². The van der Waals surface area contributed by atoms with Crippen LogP contribution < -0.4 is 5.73 Å². The van der Waals surface area contributed by atoms with Gasteiger partial charge in [0.2, 0.25) is 11.8 Å². The molecule has 0 aromatic carbocycles. The van der Waals surface area contributed by atoms with Gasteiger partial charge in [-0.25, -0.2) is 0 Å². The van der Waals surface area contributed by atoms with Crippen LogP contribution in [0, 0.1) is 5.92 Å². The summed E-state index contributed by atoms with van der Waals surface area (Å²) in [5, 5.41) is 0. The fourth-order valence-corrected chi connectivity index (χ4v) is 3.72. The van der Waals surface area contributed by atoms with E-state index in [9.17, 15) is 9.59 Å². The second-order valence-corrected chi connectivity index (χ2v) is 6.79. The summed E-state index contributed by atoms with van der Waals surface area (Å²) in [5.74, 6) is 0.584. The van der Waals surface area contributed by atoms with Crippen molar-refractivity contribution in [1.82, 2.24) is 14.7 Å². The van der Waals surface area contributed by atoms with Crippen LogP contribution in [-0.4, -0.2) is 78.4 Å². The van der Waals surface area contributed by atoms with Crippen molar-refractivity contribution < 1.29 is 9.59 Å². The van der Waals surface area contributed by atoms with E-state index in [0.29, 0.717) is 6.54 Å². The lowest BCUT2D eigenvalue weighted by atomic mass is 10.1. The van der Waals surface area contributed by atoms with Crippen molar-refractivity contribution >= 4 is 36.6 Å². The van der Waals surface area contributed by atoms with Crippen molar-refractivity contribution in [1.29, 1.82) is 0 Å². The largest absolute Gasteiger partial charge is 0.342 e. The van der Waals surface area contributed by atoms with Crippen molar-refractivity contribution in [2.24, 2.45) is 11.7 Å². The van der Waals surface area contributed by atoms with Crippen LogP contribution in [0.1, 0.15) is 39.5 Å². The summed E-state index contributed by atoms with van der Waals surface area (Å²) in [6.07, 6.45) is 3.67. The van der Waals surface area contributed by atoms with Gasteiger partial charge in [0.15, 0.2) is 0 Å². The fraction of sp³-hybridized carbons (Fsp3) is 0.882. The summed E-state index contributed by atoms with van der Waals surface area (Å²) < 4.78 is 0. The minimum atomic E-state index is 0. The highest BCUT2D eigenvalue weighted by Crippen LogP contribution is 2.26. The van der Waals surface area contributed by atoms with Gasteiger partial charge in [0.1, 0.15) is 0 Å². The Morgan fingerprint density at radius 2 is 1.72 bits per heavy atom. The van der Waals surface area contributed by atoms with Crippen molar-refractivity contribution in [2.45, 2.75) is 45.6 Å². The third kappa shape index (κ3) is 6.93. The van der Waals surface area contributed by atoms with Crippen molar-refractivity contribution in [3.63, 3.8) is 0 Å². The Morgan fingerprint density at radius 1 is 1.04 bits per heavy atom. The molecule has 2 rings (SSSR count). The maximum atomic E-state index is 12.6. The molecular weight excluding hydrogens is 363 g/mol. The zero-order valence-corrected chi connectivity index (χ0v) is 17.1. The zero-order valence-electron chi connectivity index (χ0n) is 15.5. The summed E-state index contributed by atoms with van der Waals surface area (Å²) >= 11 is 0. The number of amides is 2. The molecule has 148 valence electrons. The predicted octanol–water partition coefficient (Wildman–Crippen LogP) is 1.36. The van der Waals surface area contributed by atoms with E-state index in [-0.39, 0.29) is 48.6 Å². The van der Waals surface area contributed by atoms with Crippen molar-refractivity contribution in [3.05, 3.63) is 0 Å². The van der Waals surface area contributed by atoms with Crippen LogP contribution >= 0.6 is 24.8 Å². The Bertz CT molecular complexity index is 421. The molecule has 2 N–H and O–H groups in total. The third-order valence-corrected chi connectivity index (χ3v) is 5.20. The Labute approximate surface area is 164 Å². The highest BCUT2D eigenvalue weighted by atomic mass is 35.5. The van der Waals surface area contributed by atoms with E-state index in [1.807, 2.05) is 23.6 Å². The molecule has 1 aliphatic heterocycles. The van der Waals surface area contributed by atoms with Crippen LogP contribution in [0.25, 0.3) is 0 Å². The summed E-state index contributed by atoms with van der Waals surface area (Å²) in [6.45, 7) is 9.23. The number of halogens is 2. The first-order chi connectivity index (χ1) is 11.0. The van der Waals surface area contributed by atoms with E-state index in [1.165, 1.54) is 0 Å². The first kappa shape index (κ1) is 24.4. The highest BCUT2D eigenvalue weighted by Gasteiger charge is 2.31. The molecule has 2 atom stereocenters. The second kappa shape index (κ2) is 11.9. The standard InChI is InChI=1S/C17H32N4O2.2ClH/c1-3-20(4-2)16(22)13-19-8-5-9-21(11-10-19)17(23)14-6-7-15(18)12-14;;/h14-15H,3-13,18H2,1-2H3;2*1H. The summed E-state index contributed by atoms with van der Waals surface area (Å²) in [4.78, 5) is 30.9. The van der Waals surface area contributed by atoms with E-state index in [1.54, 1.807) is 0 Å². The average Bonchev–Trinajstić information content (AvgIpc) is 2.83. The van der Waals surface area contributed by atoms with Crippen LogP contribution in [0.5, 0.6) is 0 Å². The van der Waals surface area contributed by atoms with Gasteiger partial charge in [-0.15, -0.1) is 24.8 Å². The van der Waals surface area contributed by atoms with Gasteiger partial charge in [0, 0.05) is 51.2 Å². The van der Waals surface area contributed by atoms with Gasteiger partial charge in [0.25, 0.3) is 0 Å². The van der Waals surface area contributed by atoms with Crippen LogP contribution in [-0.2, 0) is 9.59 Å². The molecule has 0 bridgehead atoms. The molecule has 0 aromatic heterocycles. The first-order valence-electron chi connectivity index (χ1n) is 9.09. The van der Waals surface area contributed by atoms with E-state index in [4.69, 9.17) is 5.73 Å². The number of rotatable bonds is 5. The molecule has 1 saturated carbocycles. The molecule has 0 aromatic rings. The van der Waals surface area contributed by atoms with Crippen LogP contribution in [0.3, 0.4) is 0 Å². The predicted molar refractivity (Wildman–Crippen MR) is 105 cm³/mol. The van der Waals surface area contributed by atoms with E-state index >= 15 is 0 Å². The lowest BCUT2D eigenvalue weighted by Gasteiger charge is -2.26. The number of nitrogens with zero attached hydrogens (tertiary/aromatic N) is 3. The molecule has 8 heteroatoms. The van der Waals surface area contributed by atoms with Gasteiger partial charge >= 0.3 is 0 Å². The second-order valence-electron chi connectivity index (χ2n) is 6.79. The Kier molecular flexibility index (Phi) is 11.7. The molecule has 1 aliphatic carbocycles. The Balaban J connectivity index is 0.00000288. The molecule has 0 radical (unpaired) electrons. The van der Waals surface area contributed by atoms with Gasteiger partial charge in [-0.1, -0.05) is 0 Å². The quantitative estimate of drug-likeness (QED) is 0.761. The summed E-state index contributed by atoms with van der Waals surface area (Å²) in [6, 6.07) is 0.194. The van der Waals surface area contributed by atoms with Gasteiger partial charge < -0.3 is 15.5 Å². The smallest absolute Gasteiger partial charge is 0.236 e. The molecular formula is C17H34Cl2N4O2.